The van der Waals surface area contributed by atoms with Gasteiger partial charge in [-0.15, -0.1) is 0 Å². The number of aliphatic carboxylic acids is 1. The Kier molecular flexibility index (Phi) is 4.82. The summed E-state index contributed by atoms with van der Waals surface area (Å²) in [6.45, 7) is 4.57. The largest absolute Gasteiger partial charge is 0.480 e. The van der Waals surface area contributed by atoms with Crippen molar-refractivity contribution in [2.75, 3.05) is 6.54 Å². The van der Waals surface area contributed by atoms with Crippen molar-refractivity contribution < 1.29 is 14.7 Å². The third-order valence-electron chi connectivity index (χ3n) is 3.61. The summed E-state index contributed by atoms with van der Waals surface area (Å²) in [6, 6.07) is -1.23. The molecule has 1 fully saturated rings. The monoisotopic (exact) mass is 294 g/mol. The number of hydrogen-bond donors (Lipinski definition) is 3. The van der Waals surface area contributed by atoms with Crippen LogP contribution in [0.4, 0.5) is 4.79 Å². The molecule has 3 N–H and O–H groups in total. The Hall–Kier alpha value is -2.05. The number of aromatic nitrogens is 2. The number of hydrogen-bond acceptors (Lipinski definition) is 3. The van der Waals surface area contributed by atoms with Gasteiger partial charge >= 0.3 is 12.0 Å². The van der Waals surface area contributed by atoms with Crippen LogP contribution in [0.1, 0.15) is 32.4 Å². The normalized spacial score (nSPS) is 15.8. The Morgan fingerprint density at radius 3 is 2.71 bits per heavy atom. The van der Waals surface area contributed by atoms with E-state index in [2.05, 4.69) is 15.3 Å². The van der Waals surface area contributed by atoms with Gasteiger partial charge in [0.1, 0.15) is 6.04 Å². The predicted molar refractivity (Wildman–Crippen MR) is 76.8 cm³/mol. The van der Waals surface area contributed by atoms with Gasteiger partial charge in [-0.1, -0.05) is 0 Å². The molecule has 1 aliphatic carbocycles. The zero-order valence-corrected chi connectivity index (χ0v) is 12.4. The number of aromatic amines is 1. The lowest BCUT2D eigenvalue weighted by Gasteiger charge is -2.28. The number of urea groups is 1. The molecule has 2 amide bonds. The quantitative estimate of drug-likeness (QED) is 0.704. The van der Waals surface area contributed by atoms with Gasteiger partial charge in [-0.25, -0.2) is 14.6 Å². The summed E-state index contributed by atoms with van der Waals surface area (Å²) in [5.41, 5.74) is 0.681. The second-order valence-corrected chi connectivity index (χ2v) is 5.81. The summed E-state index contributed by atoms with van der Waals surface area (Å²) in [4.78, 5) is 32.1. The first-order valence-electron chi connectivity index (χ1n) is 7.24. The maximum atomic E-state index is 12.3. The van der Waals surface area contributed by atoms with Gasteiger partial charge in [0.05, 0.1) is 6.33 Å². The van der Waals surface area contributed by atoms with Crippen LogP contribution in [0.2, 0.25) is 0 Å². The fourth-order valence-electron chi connectivity index (χ4n) is 2.16. The van der Waals surface area contributed by atoms with Crippen LogP contribution in [0.5, 0.6) is 0 Å². The molecule has 0 spiro atoms. The van der Waals surface area contributed by atoms with Crippen LogP contribution >= 0.6 is 0 Å². The molecule has 0 unspecified atom stereocenters. The Morgan fingerprint density at radius 2 is 2.24 bits per heavy atom. The molecule has 1 atom stereocenters. The maximum absolute atomic E-state index is 12.3. The average molecular weight is 294 g/mol. The van der Waals surface area contributed by atoms with Gasteiger partial charge in [0, 0.05) is 30.9 Å². The van der Waals surface area contributed by atoms with E-state index in [-0.39, 0.29) is 18.5 Å². The van der Waals surface area contributed by atoms with Gasteiger partial charge in [0.2, 0.25) is 0 Å². The van der Waals surface area contributed by atoms with Gasteiger partial charge in [0.25, 0.3) is 0 Å². The molecule has 0 radical (unpaired) electrons. The van der Waals surface area contributed by atoms with Crippen LogP contribution in [-0.2, 0) is 11.2 Å². The van der Waals surface area contributed by atoms with Crippen molar-refractivity contribution >= 4 is 12.0 Å². The molecule has 1 saturated carbocycles. The number of carbonyl (C=O) groups is 2. The van der Waals surface area contributed by atoms with Gasteiger partial charge in [0.15, 0.2) is 0 Å². The van der Waals surface area contributed by atoms with Crippen molar-refractivity contribution in [2.45, 2.75) is 45.2 Å². The van der Waals surface area contributed by atoms with Gasteiger partial charge in [-0.2, -0.15) is 0 Å². The SMILES string of the molecule is CC(C)N(CC1CC1)C(=O)N[C@@H](Cc1cnc[nH]1)C(=O)O. The number of carboxylic acids is 1. The lowest BCUT2D eigenvalue weighted by Crippen LogP contribution is -2.51. The van der Waals surface area contributed by atoms with Crippen molar-refractivity contribution in [1.29, 1.82) is 0 Å². The minimum absolute atomic E-state index is 0.0483. The molecule has 1 aromatic rings. The topological polar surface area (TPSA) is 98.3 Å². The standard InChI is InChI=1S/C14H22N4O3/c1-9(2)18(7-10-3-4-10)14(21)17-12(13(19)20)5-11-6-15-8-16-11/h6,8-10,12H,3-5,7H2,1-2H3,(H,15,16)(H,17,21)(H,19,20)/t12-/m0/s1. The van der Waals surface area contributed by atoms with E-state index in [1.807, 2.05) is 13.8 Å². The highest BCUT2D eigenvalue weighted by atomic mass is 16.4. The predicted octanol–water partition coefficient (Wildman–Crippen LogP) is 1.24. The number of nitrogens with one attached hydrogen (secondary N) is 2. The molecule has 2 rings (SSSR count). The second-order valence-electron chi connectivity index (χ2n) is 5.81. The Balaban J connectivity index is 1.97. The van der Waals surface area contributed by atoms with Gasteiger partial charge in [-0.3, -0.25) is 0 Å². The van der Waals surface area contributed by atoms with Crippen molar-refractivity contribution in [2.24, 2.45) is 5.92 Å². The van der Waals surface area contributed by atoms with Gasteiger partial charge < -0.3 is 20.3 Å². The van der Waals surface area contributed by atoms with Crippen LogP contribution in [0.3, 0.4) is 0 Å². The summed E-state index contributed by atoms with van der Waals surface area (Å²) >= 11 is 0. The Bertz CT molecular complexity index is 482. The molecule has 0 bridgehead atoms. The highest BCUT2D eigenvalue weighted by Crippen LogP contribution is 2.30. The summed E-state index contributed by atoms with van der Waals surface area (Å²) in [5.74, 6) is -0.484. The Labute approximate surface area is 123 Å². The molecule has 21 heavy (non-hydrogen) atoms. The van der Waals surface area contributed by atoms with E-state index in [9.17, 15) is 14.7 Å². The molecule has 1 aliphatic rings. The number of carbonyl (C=O) groups excluding carboxylic acids is 1. The minimum atomic E-state index is -1.05. The zero-order valence-electron chi connectivity index (χ0n) is 12.4. The molecule has 7 heteroatoms. The average Bonchev–Trinajstić information content (AvgIpc) is 3.09. The maximum Gasteiger partial charge on any atom is 0.326 e. The smallest absolute Gasteiger partial charge is 0.326 e. The lowest BCUT2D eigenvalue weighted by atomic mass is 10.1. The van der Waals surface area contributed by atoms with Gasteiger partial charge in [-0.05, 0) is 32.6 Å². The van der Waals surface area contributed by atoms with Crippen molar-refractivity contribution in [1.82, 2.24) is 20.2 Å². The summed E-state index contributed by atoms with van der Waals surface area (Å²) < 4.78 is 0. The van der Waals surface area contributed by atoms with Crippen LogP contribution in [0.25, 0.3) is 0 Å². The first kappa shape index (κ1) is 15.3. The highest BCUT2D eigenvalue weighted by Gasteiger charge is 2.30. The van der Waals surface area contributed by atoms with Crippen LogP contribution in [-0.4, -0.2) is 50.6 Å². The number of carboxylic acid groups (broad SMARTS) is 1. The van der Waals surface area contributed by atoms with E-state index in [1.54, 1.807) is 11.1 Å². The first-order chi connectivity index (χ1) is 9.97. The second kappa shape index (κ2) is 6.60. The molecule has 7 nitrogen and oxygen atoms in total. The van der Waals surface area contributed by atoms with E-state index in [1.165, 1.54) is 6.33 Å². The fourth-order valence-corrected chi connectivity index (χ4v) is 2.16. The number of rotatable bonds is 7. The first-order valence-corrected chi connectivity index (χ1v) is 7.24. The molecule has 1 aromatic heterocycles. The molecular formula is C14H22N4O3. The summed E-state index contributed by atoms with van der Waals surface area (Å²) in [5, 5.41) is 11.9. The molecule has 0 aliphatic heterocycles. The number of imidazole rings is 1. The molecule has 1 heterocycles. The van der Waals surface area contributed by atoms with E-state index in [0.29, 0.717) is 18.2 Å². The highest BCUT2D eigenvalue weighted by molar-refractivity contribution is 5.83. The van der Waals surface area contributed by atoms with E-state index < -0.39 is 12.0 Å². The van der Waals surface area contributed by atoms with Crippen LogP contribution < -0.4 is 5.32 Å². The summed E-state index contributed by atoms with van der Waals surface area (Å²) in [7, 11) is 0. The van der Waals surface area contributed by atoms with Crippen molar-refractivity contribution in [3.05, 3.63) is 18.2 Å². The van der Waals surface area contributed by atoms with E-state index in [4.69, 9.17) is 0 Å². The number of amides is 2. The van der Waals surface area contributed by atoms with E-state index >= 15 is 0 Å². The van der Waals surface area contributed by atoms with Crippen LogP contribution in [0.15, 0.2) is 12.5 Å². The molecule has 0 saturated heterocycles. The zero-order chi connectivity index (χ0) is 15.4. The van der Waals surface area contributed by atoms with Crippen molar-refractivity contribution in [3.8, 4) is 0 Å². The van der Waals surface area contributed by atoms with E-state index in [0.717, 1.165) is 12.8 Å². The third kappa shape index (κ3) is 4.47. The molecular weight excluding hydrogens is 272 g/mol. The fraction of sp³-hybridized carbons (Fsp3) is 0.643. The summed E-state index contributed by atoms with van der Waals surface area (Å²) in [6.07, 6.45) is 5.53. The molecule has 0 aromatic carbocycles. The van der Waals surface area contributed by atoms with Crippen molar-refractivity contribution in [3.63, 3.8) is 0 Å². The van der Waals surface area contributed by atoms with Crippen LogP contribution in [0, 0.1) is 5.92 Å². The third-order valence-corrected chi connectivity index (χ3v) is 3.61. The Morgan fingerprint density at radius 1 is 1.52 bits per heavy atom. The lowest BCUT2D eigenvalue weighted by molar-refractivity contribution is -0.139. The minimum Gasteiger partial charge on any atom is -0.480 e. The number of H-pyrrole nitrogens is 1. The molecule has 116 valence electrons. The number of nitrogens with zero attached hydrogens (tertiary/aromatic N) is 2.